The maximum absolute atomic E-state index is 12.9. The van der Waals surface area contributed by atoms with Crippen LogP contribution in [0.1, 0.15) is 16.8 Å². The highest BCUT2D eigenvalue weighted by atomic mass is 35.5. The van der Waals surface area contributed by atoms with E-state index in [1.165, 1.54) is 15.4 Å². The maximum Gasteiger partial charge on any atom is 0.261 e. The van der Waals surface area contributed by atoms with Gasteiger partial charge in [-0.1, -0.05) is 23.7 Å². The standard InChI is InChI=1S/C20H19ClN6O3/c21-14-4-1-3-13(9-14)18-17(12-26(25-18)11-15(29)5-8-28)24-20(30)16-10-23-27-7-2-6-22-19(16)27/h1-4,6-7,9-10,12,15,28-29H,5,8,11H2,(H,24,30). The summed E-state index contributed by atoms with van der Waals surface area (Å²) in [4.78, 5) is 17.1. The van der Waals surface area contributed by atoms with E-state index in [9.17, 15) is 9.90 Å². The van der Waals surface area contributed by atoms with Gasteiger partial charge in [0.05, 0.1) is 24.5 Å². The van der Waals surface area contributed by atoms with Gasteiger partial charge in [0, 0.05) is 35.8 Å². The molecule has 9 nitrogen and oxygen atoms in total. The van der Waals surface area contributed by atoms with Crippen LogP contribution in [0.4, 0.5) is 5.69 Å². The molecule has 1 aromatic carbocycles. The van der Waals surface area contributed by atoms with Crippen LogP contribution in [0.25, 0.3) is 16.9 Å². The molecule has 154 valence electrons. The van der Waals surface area contributed by atoms with Crippen LogP contribution in [0, 0.1) is 0 Å². The summed E-state index contributed by atoms with van der Waals surface area (Å²) in [5.74, 6) is -0.387. The first-order valence-electron chi connectivity index (χ1n) is 9.27. The Hall–Kier alpha value is -3.27. The molecule has 4 rings (SSSR count). The number of aromatic nitrogens is 5. The number of benzene rings is 1. The van der Waals surface area contributed by atoms with E-state index in [0.717, 1.165) is 0 Å². The van der Waals surface area contributed by atoms with E-state index in [1.807, 2.05) is 6.07 Å². The van der Waals surface area contributed by atoms with Gasteiger partial charge in [-0.25, -0.2) is 9.50 Å². The summed E-state index contributed by atoms with van der Waals surface area (Å²) in [5, 5.41) is 31.1. The minimum atomic E-state index is -0.769. The molecule has 10 heteroatoms. The van der Waals surface area contributed by atoms with Crippen LogP contribution in [-0.2, 0) is 6.54 Å². The Morgan fingerprint density at radius 2 is 2.17 bits per heavy atom. The minimum absolute atomic E-state index is 0.130. The van der Waals surface area contributed by atoms with Gasteiger partial charge in [-0.3, -0.25) is 9.48 Å². The van der Waals surface area contributed by atoms with E-state index >= 15 is 0 Å². The van der Waals surface area contributed by atoms with Crippen LogP contribution in [-0.4, -0.2) is 53.2 Å². The molecule has 0 bridgehead atoms. The van der Waals surface area contributed by atoms with E-state index < -0.39 is 6.10 Å². The number of aliphatic hydroxyl groups excluding tert-OH is 2. The fraction of sp³-hybridized carbons (Fsp3) is 0.200. The van der Waals surface area contributed by atoms with Crippen LogP contribution in [0.15, 0.2) is 55.1 Å². The first-order chi connectivity index (χ1) is 14.5. The number of hydrogen-bond donors (Lipinski definition) is 3. The van der Waals surface area contributed by atoms with Crippen molar-refractivity contribution in [2.24, 2.45) is 0 Å². The van der Waals surface area contributed by atoms with Crippen LogP contribution >= 0.6 is 11.6 Å². The summed E-state index contributed by atoms with van der Waals surface area (Å²) in [7, 11) is 0. The molecule has 3 aromatic heterocycles. The van der Waals surface area contributed by atoms with Crippen LogP contribution in [0.2, 0.25) is 5.02 Å². The summed E-state index contributed by atoms with van der Waals surface area (Å²) >= 11 is 6.12. The lowest BCUT2D eigenvalue weighted by molar-refractivity contribution is 0.102. The molecule has 1 atom stereocenters. The zero-order valence-corrected chi connectivity index (χ0v) is 16.6. The SMILES string of the molecule is O=C(Nc1cn(CC(O)CCO)nc1-c1cccc(Cl)c1)c1cnn2cccnc12. The lowest BCUT2D eigenvalue weighted by atomic mass is 10.1. The third-order valence-electron chi connectivity index (χ3n) is 4.49. The quantitative estimate of drug-likeness (QED) is 0.417. The fourth-order valence-electron chi connectivity index (χ4n) is 3.09. The van der Waals surface area contributed by atoms with E-state index in [0.29, 0.717) is 33.2 Å². The Labute approximate surface area is 176 Å². The summed E-state index contributed by atoms with van der Waals surface area (Å²) in [6, 6.07) is 8.83. The minimum Gasteiger partial charge on any atom is -0.396 e. The molecule has 0 aliphatic heterocycles. The molecular weight excluding hydrogens is 408 g/mol. The zero-order chi connectivity index (χ0) is 21.1. The van der Waals surface area contributed by atoms with E-state index in [2.05, 4.69) is 20.5 Å². The molecule has 0 saturated carbocycles. The first kappa shape index (κ1) is 20.0. The molecule has 0 aliphatic carbocycles. The lowest BCUT2D eigenvalue weighted by Crippen LogP contribution is -2.17. The molecule has 0 fully saturated rings. The number of rotatable bonds is 7. The molecule has 30 heavy (non-hydrogen) atoms. The molecule has 3 N–H and O–H groups in total. The molecule has 1 unspecified atom stereocenters. The molecular formula is C20H19ClN6O3. The summed E-state index contributed by atoms with van der Waals surface area (Å²) in [5.41, 5.74) is 2.43. The average Bonchev–Trinajstić information content (AvgIpc) is 3.32. The van der Waals surface area contributed by atoms with Gasteiger partial charge in [0.25, 0.3) is 5.91 Å². The Morgan fingerprint density at radius 3 is 2.97 bits per heavy atom. The number of amides is 1. The highest BCUT2D eigenvalue weighted by molar-refractivity contribution is 6.30. The van der Waals surface area contributed by atoms with Gasteiger partial charge < -0.3 is 15.5 Å². The number of nitrogens with zero attached hydrogens (tertiary/aromatic N) is 5. The Bertz CT molecular complexity index is 1190. The van der Waals surface area contributed by atoms with Gasteiger partial charge in [-0.2, -0.15) is 10.2 Å². The summed E-state index contributed by atoms with van der Waals surface area (Å²) in [6.07, 6.45) is 5.83. The Kier molecular flexibility index (Phi) is 5.75. The molecule has 0 radical (unpaired) electrons. The number of hydrogen-bond acceptors (Lipinski definition) is 6. The van der Waals surface area contributed by atoms with Crippen LogP contribution in [0.3, 0.4) is 0 Å². The second-order valence-electron chi connectivity index (χ2n) is 6.69. The molecule has 1 amide bonds. The van der Waals surface area contributed by atoms with Crippen molar-refractivity contribution < 1.29 is 15.0 Å². The largest absolute Gasteiger partial charge is 0.396 e. The van der Waals surface area contributed by atoms with E-state index in [-0.39, 0.29) is 25.5 Å². The smallest absolute Gasteiger partial charge is 0.261 e. The van der Waals surface area contributed by atoms with Gasteiger partial charge in [0.2, 0.25) is 0 Å². The zero-order valence-electron chi connectivity index (χ0n) is 15.8. The van der Waals surface area contributed by atoms with Gasteiger partial charge in [0.1, 0.15) is 11.3 Å². The Balaban J connectivity index is 1.68. The number of fused-ring (bicyclic) bond motifs is 1. The number of anilines is 1. The van der Waals surface area contributed by atoms with Crippen molar-refractivity contribution in [1.29, 1.82) is 0 Å². The average molecular weight is 427 g/mol. The molecule has 0 saturated heterocycles. The summed E-state index contributed by atoms with van der Waals surface area (Å²) < 4.78 is 3.04. The fourth-order valence-corrected chi connectivity index (χ4v) is 3.28. The van der Waals surface area contributed by atoms with Crippen LogP contribution < -0.4 is 5.32 Å². The van der Waals surface area contributed by atoms with Crippen molar-refractivity contribution in [3.05, 3.63) is 65.7 Å². The van der Waals surface area contributed by atoms with Gasteiger partial charge >= 0.3 is 0 Å². The highest BCUT2D eigenvalue weighted by Gasteiger charge is 2.19. The molecule has 0 aliphatic rings. The second kappa shape index (κ2) is 8.62. The maximum atomic E-state index is 12.9. The number of nitrogens with one attached hydrogen (secondary N) is 1. The normalized spacial score (nSPS) is 12.2. The van der Waals surface area contributed by atoms with Gasteiger partial charge in [0.15, 0.2) is 5.65 Å². The number of carbonyl (C=O) groups is 1. The second-order valence-corrected chi connectivity index (χ2v) is 7.13. The summed E-state index contributed by atoms with van der Waals surface area (Å²) in [6.45, 7) is 0.0389. The number of aliphatic hydroxyl groups is 2. The van der Waals surface area contributed by atoms with Crippen molar-refractivity contribution in [2.75, 3.05) is 11.9 Å². The Morgan fingerprint density at radius 1 is 1.30 bits per heavy atom. The van der Waals surface area contributed by atoms with E-state index in [1.54, 1.807) is 42.9 Å². The third-order valence-corrected chi connectivity index (χ3v) is 4.73. The number of carbonyl (C=O) groups excluding carboxylic acids is 1. The van der Waals surface area contributed by atoms with Crippen molar-refractivity contribution in [3.63, 3.8) is 0 Å². The lowest BCUT2D eigenvalue weighted by Gasteiger charge is -2.08. The van der Waals surface area contributed by atoms with Gasteiger partial charge in [-0.05, 0) is 24.6 Å². The predicted molar refractivity (Wildman–Crippen MR) is 111 cm³/mol. The third kappa shape index (κ3) is 4.18. The van der Waals surface area contributed by atoms with Crippen LogP contribution in [0.5, 0.6) is 0 Å². The molecule has 4 aromatic rings. The monoisotopic (exact) mass is 426 g/mol. The topological polar surface area (TPSA) is 118 Å². The molecule has 0 spiro atoms. The van der Waals surface area contributed by atoms with Crippen molar-refractivity contribution >= 4 is 28.8 Å². The van der Waals surface area contributed by atoms with Crippen molar-refractivity contribution in [3.8, 4) is 11.3 Å². The van der Waals surface area contributed by atoms with Crippen molar-refractivity contribution in [2.45, 2.75) is 19.1 Å². The van der Waals surface area contributed by atoms with Crippen molar-refractivity contribution in [1.82, 2.24) is 24.4 Å². The number of halogens is 1. The highest BCUT2D eigenvalue weighted by Crippen LogP contribution is 2.29. The predicted octanol–water partition coefficient (Wildman–Crippen LogP) is 2.24. The van der Waals surface area contributed by atoms with Gasteiger partial charge in [-0.15, -0.1) is 0 Å². The van der Waals surface area contributed by atoms with E-state index in [4.69, 9.17) is 16.7 Å². The molecule has 3 heterocycles. The first-order valence-corrected chi connectivity index (χ1v) is 9.65.